The van der Waals surface area contributed by atoms with Crippen LogP contribution in [-0.2, 0) is 10.3 Å². The van der Waals surface area contributed by atoms with Crippen LogP contribution in [0, 0.1) is 0 Å². The van der Waals surface area contributed by atoms with Crippen molar-refractivity contribution < 1.29 is 9.26 Å². The van der Waals surface area contributed by atoms with Gasteiger partial charge in [-0.3, -0.25) is 4.98 Å². The number of hydrogen-bond acceptors (Lipinski definition) is 6. The molecule has 6 nitrogen and oxygen atoms in total. The number of hydrogen-bond donors (Lipinski definition) is 1. The molecule has 1 aliphatic heterocycles. The normalized spacial score (nSPS) is 18.7. The molecule has 3 heterocycles. The second-order valence-corrected chi connectivity index (χ2v) is 4.41. The molecule has 0 unspecified atom stereocenters. The summed E-state index contributed by atoms with van der Waals surface area (Å²) in [6.07, 6.45) is 3.08. The number of ether oxygens (including phenoxy) is 1. The minimum Gasteiger partial charge on any atom is -0.381 e. The molecule has 0 amide bonds. The van der Waals surface area contributed by atoms with Crippen LogP contribution in [0.5, 0.6) is 0 Å². The molecular formula is C12H14N4O2. The predicted octanol–water partition coefficient (Wildman–Crippen LogP) is 1.10. The zero-order valence-corrected chi connectivity index (χ0v) is 9.87. The number of aromatic nitrogens is 3. The zero-order valence-electron chi connectivity index (χ0n) is 9.87. The van der Waals surface area contributed by atoms with Crippen LogP contribution in [0.15, 0.2) is 28.9 Å². The molecule has 2 aromatic heterocycles. The van der Waals surface area contributed by atoms with Crippen LogP contribution in [-0.4, -0.2) is 28.3 Å². The molecule has 1 saturated heterocycles. The number of rotatable bonds is 2. The third-order valence-corrected chi connectivity index (χ3v) is 3.13. The van der Waals surface area contributed by atoms with E-state index in [9.17, 15) is 0 Å². The lowest BCUT2D eigenvalue weighted by atomic mass is 9.91. The SMILES string of the molecule is NC1(c2nc(-c3ccccn3)no2)CCOCC1. The number of pyridine rings is 1. The van der Waals surface area contributed by atoms with Crippen molar-refractivity contribution in [2.45, 2.75) is 18.4 Å². The molecule has 18 heavy (non-hydrogen) atoms. The van der Waals surface area contributed by atoms with Crippen LogP contribution in [0.25, 0.3) is 11.5 Å². The van der Waals surface area contributed by atoms with Crippen LogP contribution in [0.4, 0.5) is 0 Å². The number of nitrogens with two attached hydrogens (primary N) is 1. The van der Waals surface area contributed by atoms with E-state index < -0.39 is 5.54 Å². The summed E-state index contributed by atoms with van der Waals surface area (Å²) < 4.78 is 10.6. The molecule has 2 N–H and O–H groups in total. The van der Waals surface area contributed by atoms with E-state index in [1.54, 1.807) is 6.20 Å². The topological polar surface area (TPSA) is 87.1 Å². The van der Waals surface area contributed by atoms with E-state index >= 15 is 0 Å². The highest BCUT2D eigenvalue weighted by molar-refractivity contribution is 5.47. The lowest BCUT2D eigenvalue weighted by Crippen LogP contribution is -2.42. The van der Waals surface area contributed by atoms with Crippen molar-refractivity contribution in [1.82, 2.24) is 15.1 Å². The largest absolute Gasteiger partial charge is 0.381 e. The van der Waals surface area contributed by atoms with Crippen LogP contribution >= 0.6 is 0 Å². The maximum atomic E-state index is 6.28. The fourth-order valence-electron chi connectivity index (χ4n) is 1.97. The molecular weight excluding hydrogens is 232 g/mol. The molecule has 0 atom stereocenters. The molecule has 94 valence electrons. The quantitative estimate of drug-likeness (QED) is 0.853. The molecule has 0 bridgehead atoms. The van der Waals surface area contributed by atoms with Crippen molar-refractivity contribution in [3.8, 4) is 11.5 Å². The lowest BCUT2D eigenvalue weighted by molar-refractivity contribution is 0.0400. The Bertz CT molecular complexity index is 520. The highest BCUT2D eigenvalue weighted by Crippen LogP contribution is 2.29. The molecule has 1 aliphatic rings. The van der Waals surface area contributed by atoms with Crippen molar-refractivity contribution in [2.24, 2.45) is 5.73 Å². The molecule has 0 aromatic carbocycles. The molecule has 0 saturated carbocycles. The van der Waals surface area contributed by atoms with Crippen LogP contribution in [0.2, 0.25) is 0 Å². The average Bonchev–Trinajstić information content (AvgIpc) is 2.91. The summed E-state index contributed by atoms with van der Waals surface area (Å²) in [4.78, 5) is 8.53. The summed E-state index contributed by atoms with van der Waals surface area (Å²) in [7, 11) is 0. The first kappa shape index (κ1) is 11.3. The highest BCUT2D eigenvalue weighted by atomic mass is 16.5. The van der Waals surface area contributed by atoms with Gasteiger partial charge in [0.05, 0.1) is 0 Å². The summed E-state index contributed by atoms with van der Waals surface area (Å²) in [6.45, 7) is 1.25. The summed E-state index contributed by atoms with van der Waals surface area (Å²) in [5.74, 6) is 0.938. The van der Waals surface area contributed by atoms with Gasteiger partial charge in [0.25, 0.3) is 0 Å². The highest BCUT2D eigenvalue weighted by Gasteiger charge is 2.35. The molecule has 1 fully saturated rings. The summed E-state index contributed by atoms with van der Waals surface area (Å²) in [5.41, 5.74) is 6.39. The van der Waals surface area contributed by atoms with Crippen LogP contribution in [0.1, 0.15) is 18.7 Å². The van der Waals surface area contributed by atoms with Gasteiger partial charge in [-0.1, -0.05) is 11.2 Å². The van der Waals surface area contributed by atoms with E-state index in [2.05, 4.69) is 15.1 Å². The Morgan fingerprint density at radius 2 is 2.06 bits per heavy atom. The van der Waals surface area contributed by atoms with Crippen molar-refractivity contribution in [1.29, 1.82) is 0 Å². The van der Waals surface area contributed by atoms with E-state index in [4.69, 9.17) is 15.0 Å². The Morgan fingerprint density at radius 3 is 2.78 bits per heavy atom. The Balaban J connectivity index is 1.89. The van der Waals surface area contributed by atoms with Crippen molar-refractivity contribution >= 4 is 0 Å². The van der Waals surface area contributed by atoms with Crippen molar-refractivity contribution in [3.05, 3.63) is 30.3 Å². The van der Waals surface area contributed by atoms with Gasteiger partial charge in [-0.15, -0.1) is 0 Å². The van der Waals surface area contributed by atoms with Gasteiger partial charge < -0.3 is 15.0 Å². The first-order valence-electron chi connectivity index (χ1n) is 5.90. The lowest BCUT2D eigenvalue weighted by Gasteiger charge is -2.29. The fourth-order valence-corrected chi connectivity index (χ4v) is 1.97. The van der Waals surface area contributed by atoms with Gasteiger partial charge in [-0.05, 0) is 25.0 Å². The second kappa shape index (κ2) is 4.47. The van der Waals surface area contributed by atoms with E-state index in [1.807, 2.05) is 18.2 Å². The van der Waals surface area contributed by atoms with E-state index in [-0.39, 0.29) is 0 Å². The van der Waals surface area contributed by atoms with Gasteiger partial charge in [-0.25, -0.2) is 0 Å². The molecule has 6 heteroatoms. The van der Waals surface area contributed by atoms with Crippen molar-refractivity contribution in [3.63, 3.8) is 0 Å². The zero-order chi connectivity index (χ0) is 12.4. The minimum absolute atomic E-state index is 0.464. The summed E-state index contributed by atoms with van der Waals surface area (Å²) in [6, 6.07) is 5.56. The van der Waals surface area contributed by atoms with Gasteiger partial charge in [0.2, 0.25) is 11.7 Å². The van der Waals surface area contributed by atoms with Crippen LogP contribution < -0.4 is 5.73 Å². The molecule has 2 aromatic rings. The Hall–Kier alpha value is -1.79. The van der Waals surface area contributed by atoms with E-state index in [0.29, 0.717) is 43.5 Å². The van der Waals surface area contributed by atoms with Gasteiger partial charge >= 0.3 is 0 Å². The molecule has 0 spiro atoms. The van der Waals surface area contributed by atoms with Crippen LogP contribution in [0.3, 0.4) is 0 Å². The van der Waals surface area contributed by atoms with Crippen molar-refractivity contribution in [2.75, 3.05) is 13.2 Å². The number of nitrogens with zero attached hydrogens (tertiary/aromatic N) is 3. The smallest absolute Gasteiger partial charge is 0.247 e. The molecule has 0 aliphatic carbocycles. The maximum Gasteiger partial charge on any atom is 0.247 e. The third kappa shape index (κ3) is 2.00. The maximum absolute atomic E-state index is 6.28. The first-order chi connectivity index (χ1) is 8.78. The Morgan fingerprint density at radius 1 is 1.22 bits per heavy atom. The van der Waals surface area contributed by atoms with Gasteiger partial charge in [0, 0.05) is 19.4 Å². The summed E-state index contributed by atoms with van der Waals surface area (Å²) in [5, 5.41) is 3.94. The van der Waals surface area contributed by atoms with Gasteiger partial charge in [0.15, 0.2) is 0 Å². The van der Waals surface area contributed by atoms with Gasteiger partial charge in [0.1, 0.15) is 11.2 Å². The summed E-state index contributed by atoms with van der Waals surface area (Å²) >= 11 is 0. The molecule has 3 rings (SSSR count). The third-order valence-electron chi connectivity index (χ3n) is 3.13. The first-order valence-corrected chi connectivity index (χ1v) is 5.90. The monoisotopic (exact) mass is 246 g/mol. The van der Waals surface area contributed by atoms with E-state index in [0.717, 1.165) is 0 Å². The van der Waals surface area contributed by atoms with Gasteiger partial charge in [-0.2, -0.15) is 4.98 Å². The second-order valence-electron chi connectivity index (χ2n) is 4.41. The standard InChI is InChI=1S/C12H14N4O2/c13-12(4-7-17-8-5-12)11-15-10(16-18-11)9-3-1-2-6-14-9/h1-3,6H,4-5,7-8,13H2. The van der Waals surface area contributed by atoms with E-state index in [1.165, 1.54) is 0 Å². The average molecular weight is 246 g/mol. The Kier molecular flexibility index (Phi) is 2.81. The molecule has 0 radical (unpaired) electrons. The minimum atomic E-state index is -0.571. The fraction of sp³-hybridized carbons (Fsp3) is 0.417. The predicted molar refractivity (Wildman–Crippen MR) is 63.4 cm³/mol. The Labute approximate surface area is 104 Å².